The van der Waals surface area contributed by atoms with Crippen LogP contribution in [-0.4, -0.2) is 29.1 Å². The Kier molecular flexibility index (Phi) is 3.98. The lowest BCUT2D eigenvalue weighted by molar-refractivity contribution is -0.134. The van der Waals surface area contributed by atoms with Crippen LogP contribution in [0, 0.1) is 12.3 Å². The van der Waals surface area contributed by atoms with Gasteiger partial charge < -0.3 is 10.4 Å². The third kappa shape index (κ3) is 3.41. The van der Waals surface area contributed by atoms with Gasteiger partial charge in [-0.25, -0.2) is 0 Å². The maximum Gasteiger partial charge on any atom is 0.322 e. The smallest absolute Gasteiger partial charge is 0.322 e. The number of ketones is 1. The predicted molar refractivity (Wildman–Crippen MR) is 64.8 cm³/mol. The minimum atomic E-state index is -0.995. The lowest BCUT2D eigenvalue weighted by Gasteiger charge is -2.11. The van der Waals surface area contributed by atoms with E-state index < -0.39 is 5.97 Å². The normalized spacial score (nSPS) is 9.76. The average molecular weight is 234 g/mol. The molecule has 0 bridgehead atoms. The van der Waals surface area contributed by atoms with Crippen molar-refractivity contribution in [3.63, 3.8) is 0 Å². The minimum Gasteiger partial charge on any atom is -0.480 e. The van der Waals surface area contributed by atoms with Crippen LogP contribution in [0.15, 0.2) is 18.2 Å². The first-order valence-corrected chi connectivity index (χ1v) is 5.08. The van der Waals surface area contributed by atoms with Crippen LogP contribution < -0.4 is 5.32 Å². The molecule has 0 saturated carbocycles. The number of anilines is 1. The molecule has 1 rings (SSSR count). The topological polar surface area (TPSA) is 90.3 Å². The van der Waals surface area contributed by atoms with Gasteiger partial charge in [-0.3, -0.25) is 15.0 Å². The second-order valence-electron chi connectivity index (χ2n) is 3.73. The van der Waals surface area contributed by atoms with E-state index in [1.807, 2.05) is 6.92 Å². The molecule has 0 spiro atoms. The van der Waals surface area contributed by atoms with Gasteiger partial charge in [0.05, 0.1) is 0 Å². The molecule has 1 aromatic rings. The van der Waals surface area contributed by atoms with E-state index >= 15 is 0 Å². The number of nitrogens with one attached hydrogen (secondary N) is 2. The molecule has 3 N–H and O–H groups in total. The number of carboxylic acid groups (broad SMARTS) is 1. The fourth-order valence-electron chi connectivity index (χ4n) is 1.38. The van der Waals surface area contributed by atoms with Gasteiger partial charge in [0.25, 0.3) is 0 Å². The molecule has 0 aliphatic heterocycles. The Morgan fingerprint density at radius 2 is 2.06 bits per heavy atom. The minimum absolute atomic E-state index is 0.124. The highest BCUT2D eigenvalue weighted by Gasteiger charge is 2.12. The maximum absolute atomic E-state index is 11.2. The number of carbonyl (C=O) groups is 2. The summed E-state index contributed by atoms with van der Waals surface area (Å²) in [6.07, 6.45) is 0. The van der Waals surface area contributed by atoms with E-state index in [2.05, 4.69) is 5.32 Å². The van der Waals surface area contributed by atoms with E-state index in [0.29, 0.717) is 11.3 Å². The van der Waals surface area contributed by atoms with Crippen molar-refractivity contribution in [1.29, 1.82) is 5.41 Å². The molecule has 0 atom stereocenters. The van der Waals surface area contributed by atoms with Crippen molar-refractivity contribution < 1.29 is 14.7 Å². The number of hydrogen-bond acceptors (Lipinski definition) is 4. The van der Waals surface area contributed by atoms with Gasteiger partial charge in [0.15, 0.2) is 5.78 Å². The Hall–Kier alpha value is -2.17. The van der Waals surface area contributed by atoms with Gasteiger partial charge in [-0.1, -0.05) is 11.6 Å². The molecule has 0 saturated heterocycles. The number of rotatable bonds is 5. The van der Waals surface area contributed by atoms with Gasteiger partial charge >= 0.3 is 5.97 Å². The highest BCUT2D eigenvalue weighted by atomic mass is 16.4. The third-order valence-corrected chi connectivity index (χ3v) is 2.23. The van der Waals surface area contributed by atoms with E-state index in [1.54, 1.807) is 18.2 Å². The molecule has 0 fully saturated rings. The molecular weight excluding hydrogens is 220 g/mol. The van der Waals surface area contributed by atoms with Crippen molar-refractivity contribution >= 4 is 23.2 Å². The molecule has 90 valence electrons. The zero-order chi connectivity index (χ0) is 13.0. The number of aryl methyl sites for hydroxylation is 1. The zero-order valence-corrected chi connectivity index (χ0v) is 9.70. The molecule has 0 radical (unpaired) electrons. The SMILES string of the molecule is CC(=O)C(=N)c1cc(C)ccc1NCC(=O)O. The van der Waals surface area contributed by atoms with Crippen LogP contribution in [-0.2, 0) is 9.59 Å². The summed E-state index contributed by atoms with van der Waals surface area (Å²) >= 11 is 0. The summed E-state index contributed by atoms with van der Waals surface area (Å²) in [5.74, 6) is -1.35. The van der Waals surface area contributed by atoms with Crippen molar-refractivity contribution in [3.05, 3.63) is 29.3 Å². The summed E-state index contributed by atoms with van der Waals surface area (Å²) in [5, 5.41) is 18.9. The van der Waals surface area contributed by atoms with Crippen LogP contribution in [0.3, 0.4) is 0 Å². The first-order chi connectivity index (χ1) is 7.91. The maximum atomic E-state index is 11.2. The Morgan fingerprint density at radius 1 is 1.41 bits per heavy atom. The number of benzene rings is 1. The van der Waals surface area contributed by atoms with Crippen LogP contribution >= 0.6 is 0 Å². The summed E-state index contributed by atoms with van der Waals surface area (Å²) in [6.45, 7) is 2.91. The summed E-state index contributed by atoms with van der Waals surface area (Å²) in [7, 11) is 0. The molecule has 0 aliphatic carbocycles. The standard InChI is InChI=1S/C12H14N2O3/c1-7-3-4-10(14-6-11(16)17)9(5-7)12(13)8(2)15/h3-5,13-14H,6H2,1-2H3,(H,16,17). The second kappa shape index (κ2) is 5.25. The first-order valence-electron chi connectivity index (χ1n) is 5.08. The molecule has 0 aliphatic rings. The van der Waals surface area contributed by atoms with Crippen LogP contribution in [0.2, 0.25) is 0 Å². The Bertz CT molecular complexity index is 481. The van der Waals surface area contributed by atoms with Crippen molar-refractivity contribution in [2.24, 2.45) is 0 Å². The van der Waals surface area contributed by atoms with Crippen molar-refractivity contribution in [2.45, 2.75) is 13.8 Å². The summed E-state index contributed by atoms with van der Waals surface area (Å²) in [4.78, 5) is 21.6. The van der Waals surface area contributed by atoms with E-state index in [0.717, 1.165) is 5.56 Å². The van der Waals surface area contributed by atoms with Crippen LogP contribution in [0.1, 0.15) is 18.1 Å². The molecule has 0 unspecified atom stereocenters. The van der Waals surface area contributed by atoms with Crippen molar-refractivity contribution in [2.75, 3.05) is 11.9 Å². The molecule has 0 heterocycles. The fraction of sp³-hybridized carbons (Fsp3) is 0.250. The molecule has 17 heavy (non-hydrogen) atoms. The first kappa shape index (κ1) is 12.9. The second-order valence-corrected chi connectivity index (χ2v) is 3.73. The van der Waals surface area contributed by atoms with Crippen LogP contribution in [0.5, 0.6) is 0 Å². The largest absolute Gasteiger partial charge is 0.480 e. The summed E-state index contributed by atoms with van der Waals surface area (Å²) in [6, 6.07) is 5.15. The van der Waals surface area contributed by atoms with Crippen LogP contribution in [0.25, 0.3) is 0 Å². The average Bonchev–Trinajstić information content (AvgIpc) is 2.26. The fourth-order valence-corrected chi connectivity index (χ4v) is 1.38. The Labute approximate surface area is 99.0 Å². The van der Waals surface area contributed by atoms with Gasteiger partial charge in [0.2, 0.25) is 0 Å². The highest BCUT2D eigenvalue weighted by Crippen LogP contribution is 2.18. The molecular formula is C12H14N2O3. The van der Waals surface area contributed by atoms with Crippen molar-refractivity contribution in [1.82, 2.24) is 0 Å². The third-order valence-electron chi connectivity index (χ3n) is 2.23. The van der Waals surface area contributed by atoms with Gasteiger partial charge in [0.1, 0.15) is 12.3 Å². The summed E-state index contributed by atoms with van der Waals surface area (Å²) < 4.78 is 0. The Balaban J connectivity index is 3.07. The number of Topliss-reactive ketones (excluding diaryl/α,β-unsaturated/α-hetero) is 1. The Morgan fingerprint density at radius 3 is 2.59 bits per heavy atom. The quantitative estimate of drug-likeness (QED) is 0.672. The number of hydrogen-bond donors (Lipinski definition) is 3. The molecule has 1 aromatic carbocycles. The molecule has 5 heteroatoms. The number of carboxylic acids is 1. The van der Waals surface area contributed by atoms with E-state index in [9.17, 15) is 9.59 Å². The monoisotopic (exact) mass is 234 g/mol. The van der Waals surface area contributed by atoms with E-state index in [1.165, 1.54) is 6.92 Å². The zero-order valence-electron chi connectivity index (χ0n) is 9.70. The van der Waals surface area contributed by atoms with Gasteiger partial charge in [-0.2, -0.15) is 0 Å². The van der Waals surface area contributed by atoms with Crippen LogP contribution in [0.4, 0.5) is 5.69 Å². The lowest BCUT2D eigenvalue weighted by Crippen LogP contribution is -2.17. The lowest BCUT2D eigenvalue weighted by atomic mass is 10.0. The summed E-state index contributed by atoms with van der Waals surface area (Å²) in [5.41, 5.74) is 1.70. The van der Waals surface area contributed by atoms with E-state index in [-0.39, 0.29) is 18.0 Å². The molecule has 0 aromatic heterocycles. The van der Waals surface area contributed by atoms with Gasteiger partial charge in [-0.05, 0) is 19.1 Å². The van der Waals surface area contributed by atoms with Gasteiger partial charge in [0, 0.05) is 18.2 Å². The molecule has 5 nitrogen and oxygen atoms in total. The highest BCUT2D eigenvalue weighted by molar-refractivity contribution is 6.45. The predicted octanol–water partition coefficient (Wildman–Crippen LogP) is 1.45. The van der Waals surface area contributed by atoms with Crippen molar-refractivity contribution in [3.8, 4) is 0 Å². The molecule has 0 amide bonds. The van der Waals surface area contributed by atoms with E-state index in [4.69, 9.17) is 10.5 Å². The van der Waals surface area contributed by atoms with Gasteiger partial charge in [-0.15, -0.1) is 0 Å². The number of aliphatic carboxylic acids is 1. The number of carbonyl (C=O) groups excluding carboxylic acids is 1.